The molecule has 2 amide bonds. The number of carbonyl (C=O) groups is 2. The van der Waals surface area contributed by atoms with Gasteiger partial charge in [0, 0.05) is 13.1 Å². The molecule has 0 fully saturated rings. The molecule has 3 aromatic carbocycles. The van der Waals surface area contributed by atoms with Gasteiger partial charge in [-0.2, -0.15) is 0 Å². The molecule has 0 radical (unpaired) electrons. The first-order valence-corrected chi connectivity index (χ1v) is 13.9. The molecule has 0 aliphatic heterocycles. The van der Waals surface area contributed by atoms with Gasteiger partial charge in [-0.1, -0.05) is 59.6 Å². The Bertz CT molecular complexity index is 1380. The Morgan fingerprint density at radius 1 is 1.03 bits per heavy atom. The molecular formula is C28H32ClN3O5S. The number of aryl methyl sites for hydroxylation is 1. The smallest absolute Gasteiger partial charge is 0.264 e. The fourth-order valence-corrected chi connectivity index (χ4v) is 5.65. The maximum atomic E-state index is 13.8. The average molecular weight is 558 g/mol. The van der Waals surface area contributed by atoms with Gasteiger partial charge in [0.15, 0.2) is 0 Å². The van der Waals surface area contributed by atoms with Crippen LogP contribution in [0.5, 0.6) is 5.75 Å². The van der Waals surface area contributed by atoms with Crippen LogP contribution >= 0.6 is 11.6 Å². The summed E-state index contributed by atoms with van der Waals surface area (Å²) in [7, 11) is -2.72. The molecule has 10 heteroatoms. The predicted molar refractivity (Wildman–Crippen MR) is 149 cm³/mol. The fourth-order valence-electron chi connectivity index (χ4n) is 3.97. The fraction of sp³-hybridized carbons (Fsp3) is 0.286. The Kier molecular flexibility index (Phi) is 9.77. The zero-order valence-corrected chi connectivity index (χ0v) is 23.4. The SMILES string of the molecule is CCNC(=O)[C@H](C)N(Cc1cccc(C)c1)C(=O)CN(c1ccc(OC)c(Cl)c1)S(=O)(=O)c1ccccc1. The lowest BCUT2D eigenvalue weighted by Crippen LogP contribution is -2.51. The monoisotopic (exact) mass is 557 g/mol. The van der Waals surface area contributed by atoms with Crippen molar-refractivity contribution in [3.05, 3.63) is 88.9 Å². The number of methoxy groups -OCH3 is 1. The van der Waals surface area contributed by atoms with E-state index >= 15 is 0 Å². The van der Waals surface area contributed by atoms with Crippen LogP contribution in [-0.2, 0) is 26.2 Å². The van der Waals surface area contributed by atoms with Gasteiger partial charge in [0.25, 0.3) is 10.0 Å². The van der Waals surface area contributed by atoms with E-state index in [9.17, 15) is 18.0 Å². The number of sulfonamides is 1. The van der Waals surface area contributed by atoms with Crippen molar-refractivity contribution in [3.63, 3.8) is 0 Å². The van der Waals surface area contributed by atoms with E-state index in [0.29, 0.717) is 12.3 Å². The molecule has 202 valence electrons. The van der Waals surface area contributed by atoms with Crippen molar-refractivity contribution in [3.8, 4) is 5.75 Å². The maximum absolute atomic E-state index is 13.8. The van der Waals surface area contributed by atoms with Gasteiger partial charge in [-0.3, -0.25) is 13.9 Å². The Morgan fingerprint density at radius 3 is 2.34 bits per heavy atom. The molecule has 0 unspecified atom stereocenters. The van der Waals surface area contributed by atoms with Crippen molar-refractivity contribution < 1.29 is 22.7 Å². The number of anilines is 1. The minimum absolute atomic E-state index is 0.0155. The van der Waals surface area contributed by atoms with Gasteiger partial charge in [-0.15, -0.1) is 0 Å². The Balaban J connectivity index is 2.05. The van der Waals surface area contributed by atoms with Crippen LogP contribution in [0, 0.1) is 6.92 Å². The summed E-state index contributed by atoms with van der Waals surface area (Å²) in [5.74, 6) is -0.514. The summed E-state index contributed by atoms with van der Waals surface area (Å²) in [6.07, 6.45) is 0. The number of benzene rings is 3. The number of carbonyl (C=O) groups excluding carboxylic acids is 2. The average Bonchev–Trinajstić information content (AvgIpc) is 2.90. The molecule has 1 atom stereocenters. The van der Waals surface area contributed by atoms with Crippen molar-refractivity contribution >= 4 is 39.1 Å². The van der Waals surface area contributed by atoms with Crippen LogP contribution in [0.4, 0.5) is 5.69 Å². The van der Waals surface area contributed by atoms with Crippen molar-refractivity contribution in [2.24, 2.45) is 0 Å². The van der Waals surface area contributed by atoms with Crippen LogP contribution in [0.2, 0.25) is 5.02 Å². The number of halogens is 1. The first-order chi connectivity index (χ1) is 18.1. The summed E-state index contributed by atoms with van der Waals surface area (Å²) in [6.45, 7) is 5.33. The number of likely N-dealkylation sites (N-methyl/N-ethyl adjacent to an activating group) is 1. The highest BCUT2D eigenvalue weighted by atomic mass is 35.5. The largest absolute Gasteiger partial charge is 0.495 e. The third kappa shape index (κ3) is 6.85. The van der Waals surface area contributed by atoms with Gasteiger partial charge >= 0.3 is 0 Å². The molecule has 0 saturated carbocycles. The van der Waals surface area contributed by atoms with Crippen LogP contribution in [0.1, 0.15) is 25.0 Å². The second kappa shape index (κ2) is 12.8. The number of rotatable bonds is 11. The summed E-state index contributed by atoms with van der Waals surface area (Å²) >= 11 is 6.32. The molecule has 0 aliphatic carbocycles. The van der Waals surface area contributed by atoms with Crippen LogP contribution in [0.3, 0.4) is 0 Å². The number of nitrogens with zero attached hydrogens (tertiary/aromatic N) is 2. The molecule has 3 rings (SSSR count). The minimum Gasteiger partial charge on any atom is -0.495 e. The standard InChI is InChI=1S/C28H32ClN3O5S/c1-5-30-28(34)21(3)31(18-22-11-9-10-20(2)16-22)27(33)19-32(23-14-15-26(37-4)25(29)17-23)38(35,36)24-12-7-6-8-13-24/h6-17,21H,5,18-19H2,1-4H3,(H,30,34)/t21-/m0/s1. The zero-order valence-electron chi connectivity index (χ0n) is 21.8. The van der Waals surface area contributed by atoms with E-state index in [1.165, 1.54) is 42.3 Å². The lowest BCUT2D eigenvalue weighted by Gasteiger charge is -2.32. The molecule has 0 aromatic heterocycles. The number of nitrogens with one attached hydrogen (secondary N) is 1. The molecule has 0 heterocycles. The summed E-state index contributed by atoms with van der Waals surface area (Å²) in [5, 5.41) is 2.94. The quantitative estimate of drug-likeness (QED) is 0.377. The highest BCUT2D eigenvalue weighted by Gasteiger charge is 2.32. The molecule has 3 aromatic rings. The summed E-state index contributed by atoms with van der Waals surface area (Å²) in [5.41, 5.74) is 2.01. The second-order valence-electron chi connectivity index (χ2n) is 8.72. The lowest BCUT2D eigenvalue weighted by molar-refractivity contribution is -0.139. The van der Waals surface area contributed by atoms with E-state index in [0.717, 1.165) is 15.4 Å². The molecule has 0 bridgehead atoms. The van der Waals surface area contributed by atoms with Gasteiger partial charge in [0.05, 0.1) is 22.7 Å². The molecule has 38 heavy (non-hydrogen) atoms. The molecule has 0 spiro atoms. The molecule has 8 nitrogen and oxygen atoms in total. The lowest BCUT2D eigenvalue weighted by atomic mass is 10.1. The Hall–Kier alpha value is -3.56. The normalized spacial score (nSPS) is 11.9. The molecule has 0 aliphatic rings. The predicted octanol–water partition coefficient (Wildman–Crippen LogP) is 4.41. The number of amides is 2. The molecular weight excluding hydrogens is 526 g/mol. The van der Waals surface area contributed by atoms with Gasteiger partial charge < -0.3 is 15.0 Å². The van der Waals surface area contributed by atoms with E-state index in [2.05, 4.69) is 5.32 Å². The van der Waals surface area contributed by atoms with Gasteiger partial charge in [-0.05, 0) is 56.7 Å². The van der Waals surface area contributed by atoms with Crippen LogP contribution in [-0.4, -0.2) is 51.4 Å². The van der Waals surface area contributed by atoms with Crippen LogP contribution < -0.4 is 14.4 Å². The molecule has 0 saturated heterocycles. The topological polar surface area (TPSA) is 96.0 Å². The number of hydrogen-bond acceptors (Lipinski definition) is 5. The first kappa shape index (κ1) is 29.0. The Morgan fingerprint density at radius 2 is 1.74 bits per heavy atom. The van der Waals surface area contributed by atoms with E-state index < -0.39 is 28.5 Å². The minimum atomic E-state index is -4.17. The van der Waals surface area contributed by atoms with E-state index in [1.54, 1.807) is 32.0 Å². The second-order valence-corrected chi connectivity index (χ2v) is 11.0. The van der Waals surface area contributed by atoms with E-state index in [4.69, 9.17) is 16.3 Å². The summed E-state index contributed by atoms with van der Waals surface area (Å²) in [6, 6.07) is 19.1. The van der Waals surface area contributed by atoms with E-state index in [1.807, 2.05) is 31.2 Å². The van der Waals surface area contributed by atoms with Crippen LogP contribution in [0.25, 0.3) is 0 Å². The Labute approximate surface area is 229 Å². The van der Waals surface area contributed by atoms with Crippen LogP contribution in [0.15, 0.2) is 77.7 Å². The van der Waals surface area contributed by atoms with Crippen molar-refractivity contribution in [1.82, 2.24) is 10.2 Å². The summed E-state index contributed by atoms with van der Waals surface area (Å²) in [4.78, 5) is 28.0. The van der Waals surface area contributed by atoms with Gasteiger partial charge in [0.2, 0.25) is 11.8 Å². The highest BCUT2D eigenvalue weighted by Crippen LogP contribution is 2.32. The summed E-state index contributed by atoms with van der Waals surface area (Å²) < 4.78 is 33.7. The zero-order chi connectivity index (χ0) is 27.9. The van der Waals surface area contributed by atoms with Crippen molar-refractivity contribution in [2.75, 3.05) is 24.5 Å². The number of hydrogen-bond donors (Lipinski definition) is 1. The third-order valence-electron chi connectivity index (χ3n) is 5.99. The highest BCUT2D eigenvalue weighted by molar-refractivity contribution is 7.92. The first-order valence-electron chi connectivity index (χ1n) is 12.1. The van der Waals surface area contributed by atoms with E-state index in [-0.39, 0.29) is 28.1 Å². The number of ether oxygens (including phenoxy) is 1. The van der Waals surface area contributed by atoms with Crippen molar-refractivity contribution in [2.45, 2.75) is 38.3 Å². The maximum Gasteiger partial charge on any atom is 0.264 e. The van der Waals surface area contributed by atoms with Crippen molar-refractivity contribution in [1.29, 1.82) is 0 Å². The third-order valence-corrected chi connectivity index (χ3v) is 8.07. The molecule has 1 N–H and O–H groups in total. The van der Waals surface area contributed by atoms with Gasteiger partial charge in [0.1, 0.15) is 18.3 Å². The van der Waals surface area contributed by atoms with Gasteiger partial charge in [-0.25, -0.2) is 8.42 Å².